The molecule has 0 heterocycles. The van der Waals surface area contributed by atoms with Crippen molar-refractivity contribution in [3.63, 3.8) is 0 Å². The Morgan fingerprint density at radius 2 is 2.00 bits per heavy atom. The maximum absolute atomic E-state index is 11.2. The molecule has 0 saturated carbocycles. The lowest BCUT2D eigenvalue weighted by Gasteiger charge is -2.12. The molecular formula is C14H23IN2O2. The second-order valence-corrected chi connectivity index (χ2v) is 4.41. The van der Waals surface area contributed by atoms with E-state index in [4.69, 9.17) is 4.74 Å². The molecule has 0 aromatic heterocycles. The van der Waals surface area contributed by atoms with Crippen molar-refractivity contribution in [2.24, 2.45) is 0 Å². The molecule has 4 nitrogen and oxygen atoms in total. The van der Waals surface area contributed by atoms with Crippen LogP contribution in [-0.2, 0) is 0 Å². The Bertz CT molecular complexity index is 406. The smallest absolute Gasteiger partial charge is 0.412 e. The molecule has 0 aliphatic rings. The van der Waals surface area contributed by atoms with Gasteiger partial charge in [-0.1, -0.05) is 13.8 Å². The summed E-state index contributed by atoms with van der Waals surface area (Å²) in [6.07, 6.45) is 1.81. The minimum absolute atomic E-state index is 0. The van der Waals surface area contributed by atoms with E-state index in [1.807, 2.05) is 19.1 Å². The zero-order valence-electron chi connectivity index (χ0n) is 12.0. The number of ether oxygens (including phenoxy) is 1. The van der Waals surface area contributed by atoms with Crippen molar-refractivity contribution < 1.29 is 38.8 Å². The summed E-state index contributed by atoms with van der Waals surface area (Å²) in [5.74, 6) is 0.619. The van der Waals surface area contributed by atoms with Crippen molar-refractivity contribution in [2.75, 3.05) is 7.05 Å². The molecule has 1 aromatic carbocycles. The number of quaternary nitrogens is 1. The summed E-state index contributed by atoms with van der Waals surface area (Å²) >= 11 is 0. The van der Waals surface area contributed by atoms with Gasteiger partial charge in [0.25, 0.3) is 0 Å². The Balaban J connectivity index is 0.00000324. The molecule has 1 aromatic rings. The topological polar surface area (TPSA) is 54.9 Å². The largest absolute Gasteiger partial charge is 1.00 e. The Hall–Kier alpha value is -0.820. The number of rotatable bonds is 5. The minimum atomic E-state index is -0.433. The lowest BCUT2D eigenvalue weighted by Crippen LogP contribution is -3.00. The van der Waals surface area contributed by atoms with Crippen LogP contribution in [0, 0.1) is 6.92 Å². The average Bonchev–Trinajstić information content (AvgIpc) is 2.39. The number of nitrogens with one attached hydrogen (secondary N) is 1. The molecule has 0 aliphatic carbocycles. The average molecular weight is 378 g/mol. The summed E-state index contributed by atoms with van der Waals surface area (Å²) < 4.78 is 5.21. The molecule has 108 valence electrons. The molecule has 0 unspecified atom stereocenters. The highest BCUT2D eigenvalue weighted by Gasteiger charge is 2.11. The first kappa shape index (κ1) is 18.2. The summed E-state index contributed by atoms with van der Waals surface area (Å²) in [4.78, 5) is 11.2. The predicted octanol–water partition coefficient (Wildman–Crippen LogP) is -0.899. The number of hydrogen-bond acceptors (Lipinski definition) is 2. The van der Waals surface area contributed by atoms with Gasteiger partial charge in [0.2, 0.25) is 0 Å². The Morgan fingerprint density at radius 1 is 1.37 bits per heavy atom. The van der Waals surface area contributed by atoms with Crippen LogP contribution in [-0.4, -0.2) is 19.2 Å². The molecule has 1 amide bonds. The molecular weight excluding hydrogens is 355 g/mol. The van der Waals surface area contributed by atoms with E-state index in [0.717, 1.165) is 24.1 Å². The van der Waals surface area contributed by atoms with Crippen LogP contribution in [0.3, 0.4) is 0 Å². The van der Waals surface area contributed by atoms with Crippen molar-refractivity contribution >= 4 is 11.8 Å². The molecule has 0 atom stereocenters. The van der Waals surface area contributed by atoms with Gasteiger partial charge in [-0.2, -0.15) is 0 Å². The van der Waals surface area contributed by atoms with E-state index >= 15 is 0 Å². The highest BCUT2D eigenvalue weighted by molar-refractivity contribution is 5.70. The Kier molecular flexibility index (Phi) is 8.75. The lowest BCUT2D eigenvalue weighted by atomic mass is 10.1. The minimum Gasteiger partial charge on any atom is -1.00 e. The third-order valence-electron chi connectivity index (χ3n) is 3.10. The zero-order valence-corrected chi connectivity index (χ0v) is 14.2. The Labute approximate surface area is 132 Å². The Morgan fingerprint density at radius 3 is 2.53 bits per heavy atom. The van der Waals surface area contributed by atoms with Gasteiger partial charge in [-0.25, -0.2) is 4.79 Å². The van der Waals surface area contributed by atoms with Gasteiger partial charge in [0.05, 0.1) is 6.04 Å². The van der Waals surface area contributed by atoms with E-state index in [-0.39, 0.29) is 24.0 Å². The molecule has 0 aliphatic heterocycles. The van der Waals surface area contributed by atoms with E-state index in [1.54, 1.807) is 7.05 Å². The molecule has 0 fully saturated rings. The summed E-state index contributed by atoms with van der Waals surface area (Å²) in [5.41, 5.74) is 2.06. The fraction of sp³-hybridized carbons (Fsp3) is 0.500. The van der Waals surface area contributed by atoms with Gasteiger partial charge in [-0.3, -0.25) is 0 Å². The van der Waals surface area contributed by atoms with Crippen LogP contribution in [0.2, 0.25) is 0 Å². The van der Waals surface area contributed by atoms with Crippen LogP contribution >= 0.6 is 0 Å². The van der Waals surface area contributed by atoms with Crippen molar-refractivity contribution in [1.29, 1.82) is 0 Å². The second kappa shape index (κ2) is 9.14. The van der Waals surface area contributed by atoms with Crippen LogP contribution in [0.25, 0.3) is 0 Å². The van der Waals surface area contributed by atoms with Gasteiger partial charge in [-0.15, -0.1) is 0 Å². The van der Waals surface area contributed by atoms with E-state index < -0.39 is 6.09 Å². The molecule has 0 radical (unpaired) electrons. The summed E-state index contributed by atoms with van der Waals surface area (Å²) in [5, 5.41) is 4.68. The molecule has 0 spiro atoms. The first-order valence-electron chi connectivity index (χ1n) is 6.45. The highest BCUT2D eigenvalue weighted by Crippen LogP contribution is 2.20. The molecule has 0 saturated heterocycles. The fourth-order valence-electron chi connectivity index (χ4n) is 1.78. The van der Waals surface area contributed by atoms with Crippen LogP contribution in [0.5, 0.6) is 5.75 Å². The van der Waals surface area contributed by atoms with E-state index in [1.165, 1.54) is 0 Å². The zero-order chi connectivity index (χ0) is 13.5. The van der Waals surface area contributed by atoms with Crippen molar-refractivity contribution in [2.45, 2.75) is 39.7 Å². The molecule has 3 N–H and O–H groups in total. The summed E-state index contributed by atoms with van der Waals surface area (Å²) in [7, 11) is 1.55. The third-order valence-corrected chi connectivity index (χ3v) is 3.10. The van der Waals surface area contributed by atoms with Crippen LogP contribution in [0.4, 0.5) is 10.5 Å². The number of halogens is 1. The van der Waals surface area contributed by atoms with Gasteiger partial charge >= 0.3 is 6.09 Å². The maximum atomic E-state index is 11.2. The predicted molar refractivity (Wildman–Crippen MR) is 72.2 cm³/mol. The SMILES string of the molecule is CCC(CC)[NH2+]c1ccc(C)c(OC(=O)NC)c1.[I-]. The first-order valence-corrected chi connectivity index (χ1v) is 6.45. The number of carbonyl (C=O) groups is 1. The first-order chi connectivity index (χ1) is 8.60. The number of carbonyl (C=O) groups excluding carboxylic acids is 1. The van der Waals surface area contributed by atoms with E-state index in [2.05, 4.69) is 30.5 Å². The fourth-order valence-corrected chi connectivity index (χ4v) is 1.78. The van der Waals surface area contributed by atoms with Gasteiger partial charge < -0.3 is 39.3 Å². The number of nitrogens with two attached hydrogens (primary N) is 1. The van der Waals surface area contributed by atoms with Gasteiger partial charge in [0.1, 0.15) is 11.4 Å². The van der Waals surface area contributed by atoms with Crippen molar-refractivity contribution in [3.8, 4) is 5.75 Å². The van der Waals surface area contributed by atoms with Crippen LogP contribution in [0.1, 0.15) is 32.3 Å². The monoisotopic (exact) mass is 378 g/mol. The van der Waals surface area contributed by atoms with Gasteiger partial charge in [0, 0.05) is 13.1 Å². The number of hydrogen-bond donors (Lipinski definition) is 2. The number of benzene rings is 1. The van der Waals surface area contributed by atoms with Gasteiger partial charge in [-0.05, 0) is 37.5 Å². The van der Waals surface area contributed by atoms with Crippen molar-refractivity contribution in [3.05, 3.63) is 23.8 Å². The molecule has 19 heavy (non-hydrogen) atoms. The van der Waals surface area contributed by atoms with Gasteiger partial charge in [0.15, 0.2) is 0 Å². The number of amides is 1. The lowest BCUT2D eigenvalue weighted by molar-refractivity contribution is -0.611. The van der Waals surface area contributed by atoms with E-state index in [9.17, 15) is 4.79 Å². The van der Waals surface area contributed by atoms with Crippen LogP contribution < -0.4 is 39.3 Å². The molecule has 0 bridgehead atoms. The third kappa shape index (κ3) is 5.78. The standard InChI is InChI=1S/C14H22N2O2.HI/c1-5-11(6-2)16-12-8-7-10(3)13(9-12)18-14(17)15-4;/h7-9,11,16H,5-6H2,1-4H3,(H,15,17);1H. The maximum Gasteiger partial charge on any atom is 0.412 e. The van der Waals surface area contributed by atoms with E-state index in [0.29, 0.717) is 11.8 Å². The second-order valence-electron chi connectivity index (χ2n) is 4.41. The number of aryl methyl sites for hydroxylation is 1. The summed E-state index contributed by atoms with van der Waals surface area (Å²) in [6, 6.07) is 6.53. The van der Waals surface area contributed by atoms with Crippen LogP contribution in [0.15, 0.2) is 18.2 Å². The quantitative estimate of drug-likeness (QED) is 0.516. The molecule has 1 rings (SSSR count). The molecule has 5 heteroatoms. The normalized spacial score (nSPS) is 9.95. The summed E-state index contributed by atoms with van der Waals surface area (Å²) in [6.45, 7) is 6.29. The highest BCUT2D eigenvalue weighted by atomic mass is 127. The van der Waals surface area contributed by atoms with Crippen molar-refractivity contribution in [1.82, 2.24) is 5.32 Å².